The Kier molecular flexibility index (Phi) is 8.77. The highest BCUT2D eigenvalue weighted by Gasteiger charge is 2.12. The van der Waals surface area contributed by atoms with E-state index in [0.29, 0.717) is 29.6 Å². The third-order valence-corrected chi connectivity index (χ3v) is 6.80. The molecule has 10 heteroatoms. The molecule has 5 rings (SSSR count). The van der Waals surface area contributed by atoms with Crippen molar-refractivity contribution in [2.75, 3.05) is 17.2 Å². The van der Waals surface area contributed by atoms with Gasteiger partial charge in [0, 0.05) is 60.0 Å². The molecular formula is C30H28BrN7O2. The smallest absolute Gasteiger partial charge is 0.255 e. The molecule has 0 atom stereocenters. The molecule has 0 saturated carbocycles. The Morgan fingerprint density at radius 1 is 1.02 bits per heavy atom. The van der Waals surface area contributed by atoms with Crippen LogP contribution in [0.15, 0.2) is 96.4 Å². The van der Waals surface area contributed by atoms with Crippen LogP contribution in [0.25, 0.3) is 11.3 Å². The van der Waals surface area contributed by atoms with Gasteiger partial charge in [-0.3, -0.25) is 9.78 Å². The molecule has 1 amide bonds. The summed E-state index contributed by atoms with van der Waals surface area (Å²) in [5, 5.41) is 6.24. The number of rotatable bonds is 11. The highest BCUT2D eigenvalue weighted by molar-refractivity contribution is 9.10. The van der Waals surface area contributed by atoms with E-state index in [4.69, 9.17) is 4.74 Å². The summed E-state index contributed by atoms with van der Waals surface area (Å²) in [7, 11) is 0. The Morgan fingerprint density at radius 3 is 2.75 bits per heavy atom. The predicted octanol–water partition coefficient (Wildman–Crippen LogP) is 6.66. The SMILES string of the molecule is Cc1ccc(NC(=O)c2ccc(OCCCCn3ccnc3)c(Br)c2)cc1Nc1nccc(-c2cccnc2)n1. The van der Waals surface area contributed by atoms with E-state index in [2.05, 4.69) is 46.5 Å². The standard InChI is InChI=1S/C30H28BrN7O2/c1-21-6-8-24(18-27(21)37-30-34-12-10-26(36-30)23-5-4-11-32-19-23)35-29(39)22-7-9-28(25(31)17-22)40-16-3-2-14-38-15-13-33-20-38/h4-13,15,17-20H,2-3,14,16H2,1H3,(H,35,39)(H,34,36,37). The lowest BCUT2D eigenvalue weighted by Gasteiger charge is -2.13. The molecule has 0 saturated heterocycles. The van der Waals surface area contributed by atoms with Crippen molar-refractivity contribution in [1.82, 2.24) is 24.5 Å². The molecule has 9 nitrogen and oxygen atoms in total. The van der Waals surface area contributed by atoms with E-state index in [-0.39, 0.29) is 5.91 Å². The van der Waals surface area contributed by atoms with Crippen LogP contribution in [0, 0.1) is 6.92 Å². The predicted molar refractivity (Wildman–Crippen MR) is 159 cm³/mol. The first-order chi connectivity index (χ1) is 19.5. The molecular weight excluding hydrogens is 570 g/mol. The van der Waals surface area contributed by atoms with Gasteiger partial charge in [-0.05, 0) is 89.8 Å². The number of pyridine rings is 1. The number of hydrogen-bond donors (Lipinski definition) is 2. The van der Waals surface area contributed by atoms with Crippen LogP contribution in [0.2, 0.25) is 0 Å². The number of aryl methyl sites for hydroxylation is 2. The van der Waals surface area contributed by atoms with Gasteiger partial charge in [-0.2, -0.15) is 0 Å². The summed E-state index contributed by atoms with van der Waals surface area (Å²) in [5.41, 5.74) is 4.61. The number of benzene rings is 2. The Balaban J connectivity index is 1.19. The molecule has 0 bridgehead atoms. The second kappa shape index (κ2) is 13.0. The zero-order valence-corrected chi connectivity index (χ0v) is 23.5. The van der Waals surface area contributed by atoms with Crippen molar-refractivity contribution >= 4 is 39.2 Å². The van der Waals surface area contributed by atoms with Crippen LogP contribution >= 0.6 is 15.9 Å². The summed E-state index contributed by atoms with van der Waals surface area (Å²) in [6, 6.07) is 16.6. The fraction of sp³-hybridized carbons (Fsp3) is 0.167. The van der Waals surface area contributed by atoms with E-state index in [9.17, 15) is 4.79 Å². The molecule has 40 heavy (non-hydrogen) atoms. The van der Waals surface area contributed by atoms with E-state index < -0.39 is 0 Å². The summed E-state index contributed by atoms with van der Waals surface area (Å²) < 4.78 is 8.68. The van der Waals surface area contributed by atoms with Gasteiger partial charge in [-0.15, -0.1) is 0 Å². The number of nitrogens with one attached hydrogen (secondary N) is 2. The van der Waals surface area contributed by atoms with Gasteiger partial charge >= 0.3 is 0 Å². The van der Waals surface area contributed by atoms with Gasteiger partial charge in [0.2, 0.25) is 5.95 Å². The number of ether oxygens (including phenoxy) is 1. The summed E-state index contributed by atoms with van der Waals surface area (Å²) in [6.45, 7) is 3.48. The number of imidazole rings is 1. The van der Waals surface area contributed by atoms with Crippen molar-refractivity contribution in [1.29, 1.82) is 0 Å². The number of unbranched alkanes of at least 4 members (excludes halogenated alkanes) is 1. The average molecular weight is 599 g/mol. The van der Waals surface area contributed by atoms with E-state index in [1.54, 1.807) is 36.9 Å². The van der Waals surface area contributed by atoms with Gasteiger partial charge in [0.25, 0.3) is 5.91 Å². The number of aromatic nitrogens is 5. The van der Waals surface area contributed by atoms with Gasteiger partial charge in [-0.1, -0.05) is 6.07 Å². The van der Waals surface area contributed by atoms with Gasteiger partial charge in [0.1, 0.15) is 5.75 Å². The fourth-order valence-electron chi connectivity index (χ4n) is 4.01. The van der Waals surface area contributed by atoms with Gasteiger partial charge in [0.15, 0.2) is 0 Å². The first-order valence-electron chi connectivity index (χ1n) is 12.9. The summed E-state index contributed by atoms with van der Waals surface area (Å²) in [4.78, 5) is 30.2. The molecule has 202 valence electrons. The minimum Gasteiger partial charge on any atom is -0.492 e. The summed E-state index contributed by atoms with van der Waals surface area (Å²) >= 11 is 3.54. The van der Waals surface area contributed by atoms with Gasteiger partial charge < -0.3 is 19.9 Å². The van der Waals surface area contributed by atoms with Crippen LogP contribution in [-0.4, -0.2) is 37.0 Å². The molecule has 0 fully saturated rings. The normalized spacial score (nSPS) is 10.8. The molecule has 2 N–H and O–H groups in total. The number of halogens is 1. The Labute approximate surface area is 240 Å². The van der Waals surface area contributed by atoms with Crippen molar-refractivity contribution in [3.63, 3.8) is 0 Å². The lowest BCUT2D eigenvalue weighted by molar-refractivity contribution is 0.102. The third-order valence-electron chi connectivity index (χ3n) is 6.18. The molecule has 0 spiro atoms. The lowest BCUT2D eigenvalue weighted by Crippen LogP contribution is -2.12. The summed E-state index contributed by atoms with van der Waals surface area (Å²) in [5.74, 6) is 0.931. The van der Waals surface area contributed by atoms with E-state index >= 15 is 0 Å². The lowest BCUT2D eigenvalue weighted by atomic mass is 10.1. The third kappa shape index (κ3) is 7.09. The number of anilines is 3. The average Bonchev–Trinajstić information content (AvgIpc) is 3.50. The minimum absolute atomic E-state index is 0.225. The summed E-state index contributed by atoms with van der Waals surface area (Å²) in [6.07, 6.45) is 12.6. The van der Waals surface area contributed by atoms with E-state index in [0.717, 1.165) is 46.4 Å². The number of carbonyl (C=O) groups excluding carboxylic acids is 1. The van der Waals surface area contributed by atoms with Crippen LogP contribution in [-0.2, 0) is 6.54 Å². The van der Waals surface area contributed by atoms with Crippen molar-refractivity contribution in [3.8, 4) is 17.0 Å². The molecule has 3 aromatic heterocycles. The van der Waals surface area contributed by atoms with Crippen molar-refractivity contribution in [2.45, 2.75) is 26.3 Å². The highest BCUT2D eigenvalue weighted by atomic mass is 79.9. The Hall–Kier alpha value is -4.57. The first kappa shape index (κ1) is 27.0. The molecule has 0 aliphatic heterocycles. The molecule has 2 aromatic carbocycles. The number of carbonyl (C=O) groups is 1. The van der Waals surface area contributed by atoms with Gasteiger partial charge in [-0.25, -0.2) is 15.0 Å². The largest absolute Gasteiger partial charge is 0.492 e. The van der Waals surface area contributed by atoms with Crippen molar-refractivity contribution < 1.29 is 9.53 Å². The molecule has 5 aromatic rings. The van der Waals surface area contributed by atoms with Crippen LogP contribution in [0.3, 0.4) is 0 Å². The maximum atomic E-state index is 13.0. The molecule has 0 radical (unpaired) electrons. The van der Waals surface area contributed by atoms with E-state index in [1.165, 1.54) is 0 Å². The number of amides is 1. The number of nitrogens with zero attached hydrogens (tertiary/aromatic N) is 5. The topological polar surface area (TPSA) is 107 Å². The van der Waals surface area contributed by atoms with Crippen LogP contribution in [0.5, 0.6) is 5.75 Å². The molecule has 0 aliphatic rings. The Bertz CT molecular complexity index is 1580. The molecule has 0 unspecified atom stereocenters. The van der Waals surface area contributed by atoms with Crippen molar-refractivity contribution in [3.05, 3.63) is 108 Å². The Morgan fingerprint density at radius 2 is 1.95 bits per heavy atom. The van der Waals surface area contributed by atoms with Crippen LogP contribution < -0.4 is 15.4 Å². The first-order valence-corrected chi connectivity index (χ1v) is 13.6. The zero-order valence-electron chi connectivity index (χ0n) is 21.9. The maximum Gasteiger partial charge on any atom is 0.255 e. The minimum atomic E-state index is -0.225. The monoisotopic (exact) mass is 597 g/mol. The van der Waals surface area contributed by atoms with Gasteiger partial charge in [0.05, 0.1) is 23.1 Å². The number of hydrogen-bond acceptors (Lipinski definition) is 7. The highest BCUT2D eigenvalue weighted by Crippen LogP contribution is 2.28. The fourth-order valence-corrected chi connectivity index (χ4v) is 4.50. The van der Waals surface area contributed by atoms with Crippen LogP contribution in [0.1, 0.15) is 28.8 Å². The second-order valence-corrected chi connectivity index (χ2v) is 9.97. The zero-order chi connectivity index (χ0) is 27.7. The van der Waals surface area contributed by atoms with Crippen molar-refractivity contribution in [2.24, 2.45) is 0 Å². The maximum absolute atomic E-state index is 13.0. The van der Waals surface area contributed by atoms with E-state index in [1.807, 2.05) is 66.5 Å². The van der Waals surface area contributed by atoms with Crippen LogP contribution in [0.4, 0.5) is 17.3 Å². The quantitative estimate of drug-likeness (QED) is 0.164. The molecule has 0 aliphatic carbocycles. The molecule has 3 heterocycles. The second-order valence-electron chi connectivity index (χ2n) is 9.12.